The molecule has 0 saturated carbocycles. The second-order valence-electron chi connectivity index (χ2n) is 4.08. The predicted octanol–water partition coefficient (Wildman–Crippen LogP) is 2.83. The molecule has 0 bridgehead atoms. The molecule has 19 heavy (non-hydrogen) atoms. The summed E-state index contributed by atoms with van der Waals surface area (Å²) in [6.45, 7) is 1.87. The van der Waals surface area contributed by atoms with Gasteiger partial charge < -0.3 is 10.4 Å². The lowest BCUT2D eigenvalue weighted by molar-refractivity contribution is -0.141. The summed E-state index contributed by atoms with van der Waals surface area (Å²) in [6.07, 6.45) is 4.11. The highest BCUT2D eigenvalue weighted by Gasteiger charge is 2.17. The van der Waals surface area contributed by atoms with Gasteiger partial charge in [-0.05, 0) is 30.2 Å². The van der Waals surface area contributed by atoms with E-state index in [0.29, 0.717) is 12.8 Å². The van der Waals surface area contributed by atoms with Gasteiger partial charge in [0.05, 0.1) is 0 Å². The quantitative estimate of drug-likeness (QED) is 0.790. The first-order valence-corrected chi connectivity index (χ1v) is 6.79. The van der Waals surface area contributed by atoms with Crippen LogP contribution in [0.5, 0.6) is 0 Å². The van der Waals surface area contributed by atoms with E-state index in [0.717, 1.165) is 10.0 Å². The van der Waals surface area contributed by atoms with Crippen molar-refractivity contribution in [2.75, 3.05) is 0 Å². The highest BCUT2D eigenvalue weighted by atomic mass is 79.9. The second kappa shape index (κ2) is 7.74. The van der Waals surface area contributed by atoms with Crippen molar-refractivity contribution in [1.29, 1.82) is 0 Å². The third-order valence-electron chi connectivity index (χ3n) is 2.47. The van der Waals surface area contributed by atoms with Crippen LogP contribution in [-0.2, 0) is 9.59 Å². The number of benzene rings is 1. The van der Waals surface area contributed by atoms with Gasteiger partial charge in [-0.15, -0.1) is 0 Å². The fourth-order valence-corrected chi connectivity index (χ4v) is 1.97. The number of rotatable bonds is 6. The summed E-state index contributed by atoms with van der Waals surface area (Å²) < 4.78 is 0.921. The summed E-state index contributed by atoms with van der Waals surface area (Å²) in [5.41, 5.74) is 0.867. The Morgan fingerprint density at radius 3 is 2.79 bits per heavy atom. The van der Waals surface area contributed by atoms with Crippen LogP contribution in [0.2, 0.25) is 0 Å². The maximum absolute atomic E-state index is 11.6. The second-order valence-corrected chi connectivity index (χ2v) is 4.99. The molecule has 4 nitrogen and oxygen atoms in total. The van der Waals surface area contributed by atoms with Crippen molar-refractivity contribution >= 4 is 33.9 Å². The van der Waals surface area contributed by atoms with Gasteiger partial charge in [0, 0.05) is 10.5 Å². The Hall–Kier alpha value is -1.62. The van der Waals surface area contributed by atoms with Crippen LogP contribution in [0.15, 0.2) is 34.8 Å². The van der Waals surface area contributed by atoms with Crippen LogP contribution in [-0.4, -0.2) is 23.0 Å². The van der Waals surface area contributed by atoms with Crippen molar-refractivity contribution in [3.8, 4) is 0 Å². The first-order valence-electron chi connectivity index (χ1n) is 6.00. The number of amides is 1. The average Bonchev–Trinajstić information content (AvgIpc) is 2.36. The molecule has 0 aliphatic carbocycles. The number of aliphatic carboxylic acids is 1. The molecular formula is C14H16BrNO3. The number of carbonyl (C=O) groups is 2. The van der Waals surface area contributed by atoms with E-state index in [2.05, 4.69) is 21.2 Å². The maximum atomic E-state index is 11.6. The van der Waals surface area contributed by atoms with Crippen molar-refractivity contribution in [2.45, 2.75) is 25.8 Å². The summed E-state index contributed by atoms with van der Waals surface area (Å²) in [5, 5.41) is 11.4. The lowest BCUT2D eigenvalue weighted by Crippen LogP contribution is -2.39. The average molecular weight is 326 g/mol. The van der Waals surface area contributed by atoms with Gasteiger partial charge in [-0.1, -0.05) is 41.4 Å². The summed E-state index contributed by atoms with van der Waals surface area (Å²) in [5.74, 6) is -1.41. The Kier molecular flexibility index (Phi) is 6.29. The Labute approximate surface area is 120 Å². The van der Waals surface area contributed by atoms with E-state index in [1.54, 1.807) is 6.08 Å². The molecule has 0 heterocycles. The normalized spacial score (nSPS) is 12.3. The van der Waals surface area contributed by atoms with Crippen LogP contribution in [0.3, 0.4) is 0 Å². The largest absolute Gasteiger partial charge is 0.480 e. The number of carbonyl (C=O) groups excluding carboxylic acids is 1. The van der Waals surface area contributed by atoms with Gasteiger partial charge >= 0.3 is 5.97 Å². The van der Waals surface area contributed by atoms with Gasteiger partial charge in [-0.3, -0.25) is 4.79 Å². The minimum absolute atomic E-state index is 0.402. The van der Waals surface area contributed by atoms with Crippen molar-refractivity contribution < 1.29 is 14.7 Å². The summed E-state index contributed by atoms with van der Waals surface area (Å²) in [7, 11) is 0. The number of hydrogen-bond donors (Lipinski definition) is 2. The molecule has 0 spiro atoms. The van der Waals surface area contributed by atoms with Crippen LogP contribution >= 0.6 is 15.9 Å². The van der Waals surface area contributed by atoms with Gasteiger partial charge in [-0.2, -0.15) is 0 Å². The molecule has 2 N–H and O–H groups in total. The van der Waals surface area contributed by atoms with Gasteiger partial charge in [0.1, 0.15) is 6.04 Å². The Morgan fingerprint density at radius 2 is 2.21 bits per heavy atom. The van der Waals surface area contributed by atoms with Gasteiger partial charge in [0.25, 0.3) is 0 Å². The predicted molar refractivity (Wildman–Crippen MR) is 77.7 cm³/mol. The van der Waals surface area contributed by atoms with Crippen LogP contribution in [0.25, 0.3) is 6.08 Å². The summed E-state index contributed by atoms with van der Waals surface area (Å²) in [6, 6.07) is 6.64. The number of halogens is 1. The zero-order valence-electron chi connectivity index (χ0n) is 10.6. The monoisotopic (exact) mass is 325 g/mol. The number of carboxylic acid groups (broad SMARTS) is 1. The zero-order chi connectivity index (χ0) is 14.3. The lowest BCUT2D eigenvalue weighted by atomic mass is 10.1. The van der Waals surface area contributed by atoms with E-state index in [4.69, 9.17) is 5.11 Å². The summed E-state index contributed by atoms with van der Waals surface area (Å²) >= 11 is 3.34. The van der Waals surface area contributed by atoms with E-state index in [1.807, 2.05) is 31.2 Å². The Bertz CT molecular complexity index is 485. The molecule has 0 aliphatic heterocycles. The van der Waals surface area contributed by atoms with E-state index in [9.17, 15) is 9.59 Å². The van der Waals surface area contributed by atoms with Crippen molar-refractivity contribution in [3.63, 3.8) is 0 Å². The van der Waals surface area contributed by atoms with Gasteiger partial charge in [0.2, 0.25) is 5.91 Å². The van der Waals surface area contributed by atoms with E-state index in [1.165, 1.54) is 6.08 Å². The van der Waals surface area contributed by atoms with Crippen molar-refractivity contribution in [2.24, 2.45) is 0 Å². The highest BCUT2D eigenvalue weighted by Crippen LogP contribution is 2.12. The van der Waals surface area contributed by atoms with Crippen LogP contribution in [0, 0.1) is 0 Å². The van der Waals surface area contributed by atoms with Crippen LogP contribution < -0.4 is 5.32 Å². The molecule has 0 aliphatic rings. The van der Waals surface area contributed by atoms with E-state index >= 15 is 0 Å². The van der Waals surface area contributed by atoms with Crippen LogP contribution in [0.1, 0.15) is 25.3 Å². The molecule has 1 aromatic carbocycles. The van der Waals surface area contributed by atoms with Gasteiger partial charge in [-0.25, -0.2) is 4.79 Å². The molecule has 0 aromatic heterocycles. The molecule has 1 aromatic rings. The fourth-order valence-electron chi connectivity index (χ4n) is 1.55. The van der Waals surface area contributed by atoms with Gasteiger partial charge in [0.15, 0.2) is 0 Å². The molecule has 102 valence electrons. The molecular weight excluding hydrogens is 310 g/mol. The van der Waals surface area contributed by atoms with Crippen molar-refractivity contribution in [1.82, 2.24) is 5.32 Å². The SMILES string of the molecule is CCC[C@H](NC(=O)/C=C/c1cccc(Br)c1)C(=O)O. The minimum Gasteiger partial charge on any atom is -0.480 e. The highest BCUT2D eigenvalue weighted by molar-refractivity contribution is 9.10. The first-order chi connectivity index (χ1) is 9.02. The molecule has 0 radical (unpaired) electrons. The maximum Gasteiger partial charge on any atom is 0.326 e. The topological polar surface area (TPSA) is 66.4 Å². The Morgan fingerprint density at radius 1 is 1.47 bits per heavy atom. The molecule has 0 fully saturated rings. The molecule has 1 atom stereocenters. The van der Waals surface area contributed by atoms with Crippen molar-refractivity contribution in [3.05, 3.63) is 40.4 Å². The summed E-state index contributed by atoms with van der Waals surface area (Å²) in [4.78, 5) is 22.5. The standard InChI is InChI=1S/C14H16BrNO3/c1-2-4-12(14(18)19)16-13(17)8-7-10-5-3-6-11(15)9-10/h3,5-9,12H,2,4H2,1H3,(H,16,17)(H,18,19)/b8-7+/t12-/m0/s1. The van der Waals surface area contributed by atoms with E-state index in [-0.39, 0.29) is 0 Å². The van der Waals surface area contributed by atoms with E-state index < -0.39 is 17.9 Å². The Balaban J connectivity index is 2.61. The molecule has 0 unspecified atom stereocenters. The number of carboxylic acids is 1. The third kappa shape index (κ3) is 5.70. The third-order valence-corrected chi connectivity index (χ3v) is 2.96. The fraction of sp³-hybridized carbons (Fsp3) is 0.286. The molecule has 1 amide bonds. The molecule has 0 saturated heterocycles. The zero-order valence-corrected chi connectivity index (χ0v) is 12.2. The molecule has 1 rings (SSSR count). The number of nitrogens with one attached hydrogen (secondary N) is 1. The molecule has 5 heteroatoms. The minimum atomic E-state index is -1.01. The first kappa shape index (κ1) is 15.4. The van der Waals surface area contributed by atoms with Crippen LogP contribution in [0.4, 0.5) is 0 Å². The lowest BCUT2D eigenvalue weighted by Gasteiger charge is -2.11. The smallest absolute Gasteiger partial charge is 0.326 e. The number of hydrogen-bond acceptors (Lipinski definition) is 2.